The second-order valence-electron chi connectivity index (χ2n) is 5.65. The molecule has 1 saturated heterocycles. The van der Waals surface area contributed by atoms with E-state index in [4.69, 9.17) is 4.74 Å². The van der Waals surface area contributed by atoms with Crippen LogP contribution in [0.1, 0.15) is 31.7 Å². The number of hydrogen-bond acceptors (Lipinski definition) is 4. The number of morpholine rings is 1. The molecule has 0 radical (unpaired) electrons. The Balaban J connectivity index is 1.89. The Morgan fingerprint density at radius 2 is 2.13 bits per heavy atom. The molecule has 0 amide bonds. The van der Waals surface area contributed by atoms with E-state index >= 15 is 0 Å². The van der Waals surface area contributed by atoms with Gasteiger partial charge in [0.1, 0.15) is 5.82 Å². The third-order valence-corrected chi connectivity index (χ3v) is 3.92. The van der Waals surface area contributed by atoms with Gasteiger partial charge in [0.25, 0.3) is 0 Å². The number of pyridine rings is 1. The van der Waals surface area contributed by atoms with Crippen molar-refractivity contribution in [1.29, 1.82) is 0 Å². The Labute approximate surface area is 139 Å². The molecule has 0 aromatic carbocycles. The number of rotatable bonds is 7. The molecule has 1 aromatic heterocycles. The molecule has 2 N–H and O–H groups in total. The van der Waals surface area contributed by atoms with E-state index in [0.29, 0.717) is 6.54 Å². The maximum Gasteiger partial charge on any atom is 0.191 e. The molecule has 23 heavy (non-hydrogen) atoms. The van der Waals surface area contributed by atoms with Crippen molar-refractivity contribution < 1.29 is 4.74 Å². The van der Waals surface area contributed by atoms with Crippen LogP contribution < -0.4 is 15.5 Å². The number of nitrogens with zero attached hydrogens (tertiary/aromatic N) is 3. The minimum absolute atomic E-state index is 0.716. The quantitative estimate of drug-likeness (QED) is 0.456. The molecule has 0 atom stereocenters. The highest BCUT2D eigenvalue weighted by molar-refractivity contribution is 5.79. The van der Waals surface area contributed by atoms with Crippen molar-refractivity contribution in [3.63, 3.8) is 0 Å². The molecule has 2 heterocycles. The normalized spacial score (nSPS) is 15.6. The van der Waals surface area contributed by atoms with Crippen molar-refractivity contribution in [1.82, 2.24) is 15.6 Å². The summed E-state index contributed by atoms with van der Waals surface area (Å²) in [6, 6.07) is 4.10. The first kappa shape index (κ1) is 17.5. The van der Waals surface area contributed by atoms with Gasteiger partial charge in [0.15, 0.2) is 5.96 Å². The van der Waals surface area contributed by atoms with Crippen molar-refractivity contribution in [3.8, 4) is 0 Å². The van der Waals surface area contributed by atoms with E-state index in [1.807, 2.05) is 12.3 Å². The van der Waals surface area contributed by atoms with E-state index in [0.717, 1.165) is 44.6 Å². The summed E-state index contributed by atoms with van der Waals surface area (Å²) in [5, 5.41) is 6.74. The van der Waals surface area contributed by atoms with Gasteiger partial charge in [-0.25, -0.2) is 4.98 Å². The fraction of sp³-hybridized carbons (Fsp3) is 0.647. The molecule has 1 aliphatic rings. The zero-order valence-corrected chi connectivity index (χ0v) is 14.3. The number of unbranched alkanes of at least 4 members (excludes halogenated alkanes) is 2. The highest BCUT2D eigenvalue weighted by Gasteiger charge is 2.15. The van der Waals surface area contributed by atoms with E-state index < -0.39 is 0 Å². The number of hydrogen-bond donors (Lipinski definition) is 2. The molecule has 0 spiro atoms. The van der Waals surface area contributed by atoms with Crippen molar-refractivity contribution in [3.05, 3.63) is 23.9 Å². The van der Waals surface area contributed by atoms with Gasteiger partial charge in [-0.1, -0.05) is 25.8 Å². The van der Waals surface area contributed by atoms with E-state index in [2.05, 4.69) is 38.5 Å². The molecule has 2 rings (SSSR count). The van der Waals surface area contributed by atoms with Crippen LogP contribution in [0, 0.1) is 0 Å². The third-order valence-electron chi connectivity index (χ3n) is 3.92. The number of aromatic nitrogens is 1. The van der Waals surface area contributed by atoms with Crippen LogP contribution in [0.3, 0.4) is 0 Å². The fourth-order valence-corrected chi connectivity index (χ4v) is 2.61. The van der Waals surface area contributed by atoms with Crippen LogP contribution in [0.5, 0.6) is 0 Å². The lowest BCUT2D eigenvalue weighted by molar-refractivity contribution is 0.122. The molecular weight excluding hydrogens is 290 g/mol. The zero-order chi connectivity index (χ0) is 16.3. The predicted octanol–water partition coefficient (Wildman–Crippen LogP) is 1.77. The lowest BCUT2D eigenvalue weighted by Crippen LogP contribution is -2.39. The second-order valence-corrected chi connectivity index (χ2v) is 5.65. The number of nitrogens with one attached hydrogen (secondary N) is 2. The van der Waals surface area contributed by atoms with Crippen molar-refractivity contribution >= 4 is 11.8 Å². The van der Waals surface area contributed by atoms with Crippen LogP contribution in [0.4, 0.5) is 5.82 Å². The summed E-state index contributed by atoms with van der Waals surface area (Å²) in [7, 11) is 1.81. The van der Waals surface area contributed by atoms with Gasteiger partial charge in [-0.3, -0.25) is 4.99 Å². The summed E-state index contributed by atoms with van der Waals surface area (Å²) >= 11 is 0. The average molecular weight is 319 g/mol. The molecule has 0 unspecified atom stereocenters. The number of guanidine groups is 1. The van der Waals surface area contributed by atoms with Gasteiger partial charge >= 0.3 is 0 Å². The molecule has 6 heteroatoms. The molecule has 0 bridgehead atoms. The zero-order valence-electron chi connectivity index (χ0n) is 14.3. The Morgan fingerprint density at radius 1 is 1.30 bits per heavy atom. The third kappa shape index (κ3) is 5.71. The van der Waals surface area contributed by atoms with Crippen LogP contribution >= 0.6 is 0 Å². The van der Waals surface area contributed by atoms with Crippen LogP contribution in [0.2, 0.25) is 0 Å². The molecule has 0 saturated carbocycles. The number of anilines is 1. The van der Waals surface area contributed by atoms with Gasteiger partial charge in [-0.2, -0.15) is 0 Å². The van der Waals surface area contributed by atoms with E-state index in [1.165, 1.54) is 24.8 Å². The van der Waals surface area contributed by atoms with E-state index in [9.17, 15) is 0 Å². The smallest absolute Gasteiger partial charge is 0.191 e. The van der Waals surface area contributed by atoms with E-state index in [1.54, 1.807) is 7.05 Å². The maximum absolute atomic E-state index is 5.43. The lowest BCUT2D eigenvalue weighted by atomic mass is 10.2. The van der Waals surface area contributed by atoms with Crippen LogP contribution in [0.15, 0.2) is 23.3 Å². The monoisotopic (exact) mass is 319 g/mol. The molecule has 1 aromatic rings. The van der Waals surface area contributed by atoms with Gasteiger partial charge in [-0.05, 0) is 12.5 Å². The minimum atomic E-state index is 0.716. The summed E-state index contributed by atoms with van der Waals surface area (Å²) in [5.41, 5.74) is 1.19. The number of ether oxygens (including phenoxy) is 1. The summed E-state index contributed by atoms with van der Waals surface area (Å²) in [6.45, 7) is 7.21. The summed E-state index contributed by atoms with van der Waals surface area (Å²) in [6.07, 6.45) is 5.50. The highest BCUT2D eigenvalue weighted by Crippen LogP contribution is 2.18. The van der Waals surface area contributed by atoms with E-state index in [-0.39, 0.29) is 0 Å². The van der Waals surface area contributed by atoms with Gasteiger partial charge in [-0.15, -0.1) is 0 Å². The first-order valence-electron chi connectivity index (χ1n) is 8.56. The first-order valence-corrected chi connectivity index (χ1v) is 8.56. The van der Waals surface area contributed by atoms with Gasteiger partial charge in [0.2, 0.25) is 0 Å². The average Bonchev–Trinajstić information content (AvgIpc) is 2.62. The molecule has 6 nitrogen and oxygen atoms in total. The van der Waals surface area contributed by atoms with Crippen LogP contribution in [0.25, 0.3) is 0 Å². The van der Waals surface area contributed by atoms with Crippen LogP contribution in [-0.2, 0) is 11.3 Å². The predicted molar refractivity (Wildman–Crippen MR) is 95.0 cm³/mol. The van der Waals surface area contributed by atoms with Crippen LogP contribution in [-0.4, -0.2) is 50.8 Å². The van der Waals surface area contributed by atoms with Crippen molar-refractivity contribution in [2.24, 2.45) is 4.99 Å². The van der Waals surface area contributed by atoms with Gasteiger partial charge in [0.05, 0.1) is 13.2 Å². The highest BCUT2D eigenvalue weighted by atomic mass is 16.5. The van der Waals surface area contributed by atoms with Crippen molar-refractivity contribution in [2.45, 2.75) is 32.7 Å². The molecule has 1 aliphatic heterocycles. The Bertz CT molecular complexity index is 486. The maximum atomic E-state index is 5.43. The van der Waals surface area contributed by atoms with Gasteiger partial charge in [0, 0.05) is 45.0 Å². The topological polar surface area (TPSA) is 61.8 Å². The second kappa shape index (κ2) is 10.0. The van der Waals surface area contributed by atoms with Gasteiger partial charge < -0.3 is 20.3 Å². The fourth-order valence-electron chi connectivity index (χ4n) is 2.61. The molecule has 128 valence electrons. The summed E-state index contributed by atoms with van der Waals surface area (Å²) in [5.74, 6) is 1.89. The Hall–Kier alpha value is -1.82. The summed E-state index contributed by atoms with van der Waals surface area (Å²) < 4.78 is 5.43. The number of aliphatic imine (C=N–C) groups is 1. The first-order chi connectivity index (χ1) is 11.3. The Morgan fingerprint density at radius 3 is 2.87 bits per heavy atom. The minimum Gasteiger partial charge on any atom is -0.378 e. The molecule has 1 fully saturated rings. The largest absolute Gasteiger partial charge is 0.378 e. The molecule has 0 aliphatic carbocycles. The summed E-state index contributed by atoms with van der Waals surface area (Å²) in [4.78, 5) is 11.1. The van der Waals surface area contributed by atoms with Crippen molar-refractivity contribution in [2.75, 3.05) is 44.8 Å². The Kier molecular flexibility index (Phi) is 7.66. The SMILES string of the molecule is CCCCCNC(=NC)NCc1cccnc1N1CCOCC1. The molecular formula is C17H29N5O. The standard InChI is InChI=1S/C17H29N5O/c1-3-4-5-8-20-17(18-2)21-14-15-7-6-9-19-16(15)22-10-12-23-13-11-22/h6-7,9H,3-5,8,10-14H2,1-2H3,(H2,18,20,21). The lowest BCUT2D eigenvalue weighted by Gasteiger charge is -2.29.